The molecule has 0 aliphatic rings. The van der Waals surface area contributed by atoms with Crippen molar-refractivity contribution in [1.82, 2.24) is 0 Å². The van der Waals surface area contributed by atoms with Gasteiger partial charge in [0.2, 0.25) is 0 Å². The summed E-state index contributed by atoms with van der Waals surface area (Å²) in [5, 5.41) is 20.1. The number of nitrogens with two attached hydrogens (primary N) is 2. The molecule has 136 valence electrons. The third-order valence-electron chi connectivity index (χ3n) is 3.89. The lowest BCUT2D eigenvalue weighted by Crippen LogP contribution is -2.12. The summed E-state index contributed by atoms with van der Waals surface area (Å²) >= 11 is 0. The standard InChI is InChI=1S/C20H24N4O2/c1-11-5-7-17(25)15(9-11)13(3)23-20(19(21)22)24-14(4)16-10-12(2)6-8-18(16)26/h5-10,25-26H,21-22H2,1-4H3/b23-13+,24-14+. The smallest absolute Gasteiger partial charge is 0.193 e. The van der Waals surface area contributed by atoms with E-state index < -0.39 is 0 Å². The molecule has 2 rings (SSSR count). The molecule has 0 aliphatic carbocycles. The van der Waals surface area contributed by atoms with Gasteiger partial charge in [-0.2, -0.15) is 0 Å². The van der Waals surface area contributed by atoms with Crippen LogP contribution in [0.3, 0.4) is 0 Å². The Kier molecular flexibility index (Phi) is 5.67. The van der Waals surface area contributed by atoms with Crippen molar-refractivity contribution >= 4 is 11.4 Å². The average Bonchev–Trinajstić information content (AvgIpc) is 2.58. The second-order valence-corrected chi connectivity index (χ2v) is 6.21. The summed E-state index contributed by atoms with van der Waals surface area (Å²) in [6.07, 6.45) is 0. The Labute approximate surface area is 153 Å². The maximum atomic E-state index is 10.1. The number of aryl methyl sites for hydroxylation is 2. The van der Waals surface area contributed by atoms with Crippen molar-refractivity contribution in [2.45, 2.75) is 27.7 Å². The predicted molar refractivity (Wildman–Crippen MR) is 106 cm³/mol. The van der Waals surface area contributed by atoms with Gasteiger partial charge in [0, 0.05) is 11.1 Å². The number of benzene rings is 2. The molecule has 6 N–H and O–H groups in total. The zero-order valence-corrected chi connectivity index (χ0v) is 15.4. The van der Waals surface area contributed by atoms with Gasteiger partial charge in [-0.15, -0.1) is 0 Å². The quantitative estimate of drug-likeness (QED) is 0.632. The monoisotopic (exact) mass is 352 g/mol. The Morgan fingerprint density at radius 3 is 1.50 bits per heavy atom. The van der Waals surface area contributed by atoms with E-state index in [1.54, 1.807) is 26.0 Å². The molecule has 2 aromatic rings. The van der Waals surface area contributed by atoms with Gasteiger partial charge in [-0.3, -0.25) is 0 Å². The second kappa shape index (κ2) is 7.74. The Balaban J connectivity index is 2.48. The molecule has 0 unspecified atom stereocenters. The van der Waals surface area contributed by atoms with Crippen LogP contribution in [0.5, 0.6) is 11.5 Å². The van der Waals surface area contributed by atoms with E-state index in [9.17, 15) is 10.2 Å². The minimum Gasteiger partial charge on any atom is -0.507 e. The predicted octanol–water partition coefficient (Wildman–Crippen LogP) is 3.08. The van der Waals surface area contributed by atoms with Gasteiger partial charge in [-0.25, -0.2) is 9.98 Å². The highest BCUT2D eigenvalue weighted by Crippen LogP contribution is 2.22. The number of aliphatic imine (C=N–C) groups is 2. The Bertz CT molecular complexity index is 854. The third-order valence-corrected chi connectivity index (χ3v) is 3.89. The number of aromatic hydroxyl groups is 2. The highest BCUT2D eigenvalue weighted by atomic mass is 16.3. The molecule has 0 saturated carbocycles. The molecule has 0 fully saturated rings. The molecule has 6 heteroatoms. The summed E-state index contributed by atoms with van der Waals surface area (Å²) in [6, 6.07) is 10.5. The van der Waals surface area contributed by atoms with Crippen LogP contribution in [0.4, 0.5) is 0 Å². The van der Waals surface area contributed by atoms with E-state index in [0.717, 1.165) is 11.1 Å². The molecule has 0 amide bonds. The molecule has 0 radical (unpaired) electrons. The summed E-state index contributed by atoms with van der Waals surface area (Å²) in [6.45, 7) is 7.33. The molecular weight excluding hydrogens is 328 g/mol. The molecule has 0 bridgehead atoms. The fourth-order valence-corrected chi connectivity index (χ4v) is 2.47. The van der Waals surface area contributed by atoms with Crippen molar-refractivity contribution < 1.29 is 10.2 Å². The first-order valence-electron chi connectivity index (χ1n) is 8.15. The van der Waals surface area contributed by atoms with Gasteiger partial charge in [0.15, 0.2) is 5.82 Å². The SMILES string of the molecule is C/C(=N\C(/N=C(\C)c1cc(C)ccc1O)=C(N)N)c1cc(C)ccc1O. The van der Waals surface area contributed by atoms with Crippen molar-refractivity contribution in [3.8, 4) is 11.5 Å². The highest BCUT2D eigenvalue weighted by Gasteiger charge is 2.10. The van der Waals surface area contributed by atoms with Crippen LogP contribution in [0, 0.1) is 13.8 Å². The van der Waals surface area contributed by atoms with Crippen LogP contribution in [0.2, 0.25) is 0 Å². The van der Waals surface area contributed by atoms with Gasteiger partial charge < -0.3 is 21.7 Å². The first-order chi connectivity index (χ1) is 12.2. The van der Waals surface area contributed by atoms with E-state index >= 15 is 0 Å². The van der Waals surface area contributed by atoms with Crippen LogP contribution in [-0.2, 0) is 0 Å². The number of hydrogen-bond acceptors (Lipinski definition) is 6. The van der Waals surface area contributed by atoms with Crippen molar-refractivity contribution in [3.63, 3.8) is 0 Å². The second-order valence-electron chi connectivity index (χ2n) is 6.21. The number of phenolic OH excluding ortho intramolecular Hbond substituents is 2. The van der Waals surface area contributed by atoms with E-state index in [1.807, 2.05) is 38.1 Å². The van der Waals surface area contributed by atoms with Gasteiger partial charge in [-0.1, -0.05) is 23.3 Å². The van der Waals surface area contributed by atoms with Crippen LogP contribution < -0.4 is 11.5 Å². The normalized spacial score (nSPS) is 12.2. The first kappa shape index (κ1) is 19.1. The lowest BCUT2D eigenvalue weighted by molar-refractivity contribution is 0.473. The number of nitrogens with zero attached hydrogens (tertiary/aromatic N) is 2. The minimum absolute atomic E-state index is 0.0528. The van der Waals surface area contributed by atoms with E-state index in [-0.39, 0.29) is 23.1 Å². The third kappa shape index (κ3) is 4.42. The lowest BCUT2D eigenvalue weighted by atomic mass is 10.1. The van der Waals surface area contributed by atoms with Crippen LogP contribution >= 0.6 is 0 Å². The summed E-state index contributed by atoms with van der Waals surface area (Å²) in [4.78, 5) is 8.77. The fourth-order valence-electron chi connectivity index (χ4n) is 2.47. The Morgan fingerprint density at radius 1 is 0.769 bits per heavy atom. The molecule has 0 heterocycles. The van der Waals surface area contributed by atoms with E-state index in [1.165, 1.54) is 0 Å². The summed E-state index contributed by atoms with van der Waals surface area (Å²) in [5.74, 6) is 0.303. The van der Waals surface area contributed by atoms with Crippen molar-refractivity contribution in [2.75, 3.05) is 0 Å². The summed E-state index contributed by atoms with van der Waals surface area (Å²) in [7, 11) is 0. The van der Waals surface area contributed by atoms with Crippen LogP contribution in [-0.4, -0.2) is 21.6 Å². The molecule has 0 spiro atoms. The number of hydrogen-bond donors (Lipinski definition) is 4. The molecule has 0 atom stereocenters. The lowest BCUT2D eigenvalue weighted by Gasteiger charge is -2.09. The topological polar surface area (TPSA) is 117 Å². The van der Waals surface area contributed by atoms with Crippen LogP contribution in [0.25, 0.3) is 0 Å². The zero-order valence-electron chi connectivity index (χ0n) is 15.4. The minimum atomic E-state index is -0.0528. The number of phenols is 2. The van der Waals surface area contributed by atoms with Crippen molar-refractivity contribution in [1.29, 1.82) is 0 Å². The van der Waals surface area contributed by atoms with Gasteiger partial charge in [0.05, 0.1) is 11.4 Å². The number of rotatable bonds is 4. The largest absolute Gasteiger partial charge is 0.507 e. The van der Waals surface area contributed by atoms with Gasteiger partial charge in [0.1, 0.15) is 17.3 Å². The Hall–Kier alpha value is -3.28. The van der Waals surface area contributed by atoms with Crippen LogP contribution in [0.1, 0.15) is 36.1 Å². The average molecular weight is 352 g/mol. The van der Waals surface area contributed by atoms with Crippen molar-refractivity contribution in [2.24, 2.45) is 21.5 Å². The molecule has 0 saturated heterocycles. The van der Waals surface area contributed by atoms with Crippen LogP contribution in [0.15, 0.2) is 58.0 Å². The molecule has 0 aromatic heterocycles. The summed E-state index contributed by atoms with van der Waals surface area (Å²) in [5.41, 5.74) is 15.7. The highest BCUT2D eigenvalue weighted by molar-refractivity contribution is 6.03. The summed E-state index contributed by atoms with van der Waals surface area (Å²) < 4.78 is 0. The maximum absolute atomic E-state index is 10.1. The van der Waals surface area contributed by atoms with E-state index in [2.05, 4.69) is 9.98 Å². The molecule has 2 aromatic carbocycles. The van der Waals surface area contributed by atoms with E-state index in [0.29, 0.717) is 22.6 Å². The Morgan fingerprint density at radius 2 is 1.15 bits per heavy atom. The molecule has 6 nitrogen and oxygen atoms in total. The maximum Gasteiger partial charge on any atom is 0.193 e. The van der Waals surface area contributed by atoms with Gasteiger partial charge in [0.25, 0.3) is 0 Å². The fraction of sp³-hybridized carbons (Fsp3) is 0.200. The van der Waals surface area contributed by atoms with Gasteiger partial charge in [-0.05, 0) is 52.0 Å². The van der Waals surface area contributed by atoms with E-state index in [4.69, 9.17) is 11.5 Å². The van der Waals surface area contributed by atoms with Gasteiger partial charge >= 0.3 is 0 Å². The zero-order chi connectivity index (χ0) is 19.4. The molecule has 0 aliphatic heterocycles. The van der Waals surface area contributed by atoms with Crippen molar-refractivity contribution in [3.05, 3.63) is 70.3 Å². The molecular formula is C20H24N4O2. The molecule has 26 heavy (non-hydrogen) atoms. The first-order valence-corrected chi connectivity index (χ1v) is 8.15.